The van der Waals surface area contributed by atoms with Crippen molar-refractivity contribution in [3.05, 3.63) is 23.2 Å². The molecule has 1 aromatic carbocycles. The number of carbonyl (C=O) groups excluding carboxylic acids is 1. The van der Waals surface area contributed by atoms with Crippen molar-refractivity contribution in [2.24, 2.45) is 0 Å². The molecule has 0 spiro atoms. The summed E-state index contributed by atoms with van der Waals surface area (Å²) in [5.41, 5.74) is 0.279. The predicted octanol–water partition coefficient (Wildman–Crippen LogP) is 1.50. The number of carbonyl (C=O) groups is 2. The normalized spacial score (nSPS) is 17.8. The second-order valence-electron chi connectivity index (χ2n) is 5.95. The fourth-order valence-corrected chi connectivity index (χ4v) is 4.05. The fourth-order valence-electron chi connectivity index (χ4n) is 2.66. The van der Waals surface area contributed by atoms with Crippen LogP contribution in [0.2, 0.25) is 5.02 Å². The molecule has 2 rings (SSSR count). The smallest absolute Gasteiger partial charge is 0.320 e. The maximum absolute atomic E-state index is 12.2. The Balaban J connectivity index is 0.00000338. The van der Waals surface area contributed by atoms with E-state index in [-0.39, 0.29) is 34.6 Å². The van der Waals surface area contributed by atoms with Gasteiger partial charge in [0.2, 0.25) is 15.9 Å². The first-order valence-corrected chi connectivity index (χ1v) is 9.43. The molecule has 26 heavy (non-hydrogen) atoms. The molecule has 8 nitrogen and oxygen atoms in total. The summed E-state index contributed by atoms with van der Waals surface area (Å²) in [5.74, 6) is -1.36. The number of amides is 1. The van der Waals surface area contributed by atoms with Crippen LogP contribution in [0, 0.1) is 0 Å². The van der Waals surface area contributed by atoms with E-state index in [1.165, 1.54) is 32.3 Å². The highest BCUT2D eigenvalue weighted by molar-refractivity contribution is 7.89. The van der Waals surface area contributed by atoms with Crippen LogP contribution in [0.4, 0.5) is 5.69 Å². The van der Waals surface area contributed by atoms with Gasteiger partial charge in [-0.25, -0.2) is 12.7 Å². The van der Waals surface area contributed by atoms with Crippen molar-refractivity contribution in [1.29, 1.82) is 0 Å². The van der Waals surface area contributed by atoms with Gasteiger partial charge in [0.25, 0.3) is 0 Å². The van der Waals surface area contributed by atoms with Gasteiger partial charge >= 0.3 is 5.97 Å². The van der Waals surface area contributed by atoms with Gasteiger partial charge in [0.05, 0.1) is 11.6 Å². The van der Waals surface area contributed by atoms with Crippen LogP contribution in [-0.2, 0) is 19.6 Å². The maximum atomic E-state index is 12.2. The van der Waals surface area contributed by atoms with Crippen molar-refractivity contribution >= 4 is 51.6 Å². The molecule has 146 valence electrons. The molecule has 1 aromatic rings. The number of anilines is 1. The summed E-state index contributed by atoms with van der Waals surface area (Å²) in [6, 6.07) is 3.51. The van der Waals surface area contributed by atoms with E-state index in [9.17, 15) is 18.0 Å². The van der Waals surface area contributed by atoms with E-state index in [2.05, 4.69) is 5.32 Å². The summed E-state index contributed by atoms with van der Waals surface area (Å²) in [5, 5.41) is 11.8. The van der Waals surface area contributed by atoms with Crippen molar-refractivity contribution < 1.29 is 23.1 Å². The zero-order chi connectivity index (χ0) is 18.8. The Morgan fingerprint density at radius 3 is 2.62 bits per heavy atom. The van der Waals surface area contributed by atoms with Gasteiger partial charge < -0.3 is 10.4 Å². The minimum absolute atomic E-state index is 0. The lowest BCUT2D eigenvalue weighted by atomic mass is 10.2. The van der Waals surface area contributed by atoms with Gasteiger partial charge in [-0.05, 0) is 37.6 Å². The van der Waals surface area contributed by atoms with Crippen LogP contribution in [0.1, 0.15) is 12.8 Å². The molecular weight excluding hydrogens is 405 g/mol. The van der Waals surface area contributed by atoms with E-state index in [1.54, 1.807) is 4.90 Å². The summed E-state index contributed by atoms with van der Waals surface area (Å²) in [4.78, 5) is 24.8. The zero-order valence-electron chi connectivity index (χ0n) is 14.3. The van der Waals surface area contributed by atoms with E-state index < -0.39 is 27.9 Å². The number of carboxylic acids is 1. The molecule has 0 unspecified atom stereocenters. The largest absolute Gasteiger partial charge is 0.480 e. The number of benzene rings is 1. The van der Waals surface area contributed by atoms with Gasteiger partial charge in [-0.2, -0.15) is 0 Å². The second kappa shape index (κ2) is 9.01. The summed E-state index contributed by atoms with van der Waals surface area (Å²) in [7, 11) is -0.976. The molecule has 1 atom stereocenters. The number of sulfonamides is 1. The number of nitrogens with one attached hydrogen (secondary N) is 1. The number of carboxylic acid groups (broad SMARTS) is 1. The molecule has 1 amide bonds. The van der Waals surface area contributed by atoms with Crippen molar-refractivity contribution in [3.63, 3.8) is 0 Å². The molecule has 0 radical (unpaired) electrons. The van der Waals surface area contributed by atoms with Gasteiger partial charge in [-0.3, -0.25) is 14.5 Å². The molecule has 1 heterocycles. The van der Waals surface area contributed by atoms with Crippen LogP contribution in [0.3, 0.4) is 0 Å². The Labute approximate surface area is 163 Å². The van der Waals surface area contributed by atoms with E-state index in [4.69, 9.17) is 16.7 Å². The monoisotopic (exact) mass is 425 g/mol. The average Bonchev–Trinajstić information content (AvgIpc) is 2.97. The van der Waals surface area contributed by atoms with Crippen LogP contribution >= 0.6 is 24.0 Å². The number of aliphatic carboxylic acids is 1. The Kier molecular flexibility index (Phi) is 7.85. The third-order valence-electron chi connectivity index (χ3n) is 3.97. The number of nitrogens with zero attached hydrogens (tertiary/aromatic N) is 2. The number of likely N-dealkylation sites (tertiary alicyclic amines) is 1. The third-order valence-corrected chi connectivity index (χ3v) is 6.27. The second-order valence-corrected chi connectivity index (χ2v) is 8.48. The Hall–Kier alpha value is -1.39. The number of hydrogen-bond acceptors (Lipinski definition) is 5. The van der Waals surface area contributed by atoms with Crippen LogP contribution in [0.15, 0.2) is 23.1 Å². The lowest BCUT2D eigenvalue weighted by Gasteiger charge is -2.20. The average molecular weight is 426 g/mol. The van der Waals surface area contributed by atoms with Crippen molar-refractivity contribution in [2.75, 3.05) is 32.5 Å². The first-order valence-electron chi connectivity index (χ1n) is 7.61. The molecule has 0 aliphatic carbocycles. The van der Waals surface area contributed by atoms with E-state index in [0.717, 1.165) is 10.7 Å². The minimum atomic E-state index is -3.75. The highest BCUT2D eigenvalue weighted by atomic mass is 35.5. The first kappa shape index (κ1) is 22.7. The number of rotatable bonds is 6. The molecule has 0 saturated carbocycles. The Bertz CT molecular complexity index is 785. The fraction of sp³-hybridized carbons (Fsp3) is 0.467. The molecule has 1 aliphatic rings. The maximum Gasteiger partial charge on any atom is 0.320 e. The molecule has 1 saturated heterocycles. The SMILES string of the molecule is CN(C)S(=O)(=O)c1cc(NC(=O)CN2CCC[C@H]2C(=O)O)ccc1Cl.Cl. The Morgan fingerprint density at radius 2 is 2.04 bits per heavy atom. The molecular formula is C15H21Cl2N3O5S. The summed E-state index contributed by atoms with van der Waals surface area (Å²) in [6.07, 6.45) is 1.23. The summed E-state index contributed by atoms with van der Waals surface area (Å²) in [6.45, 7) is 0.459. The zero-order valence-corrected chi connectivity index (χ0v) is 16.7. The standard InChI is InChI=1S/C15H20ClN3O5S.ClH/c1-18(2)25(23,24)13-8-10(5-6-11(13)16)17-14(20)9-19-7-3-4-12(19)15(21)22;/h5-6,8,12H,3-4,7,9H2,1-2H3,(H,17,20)(H,21,22);1H/t12-;/m0./s1. The highest BCUT2D eigenvalue weighted by Gasteiger charge is 2.31. The molecule has 0 bridgehead atoms. The number of halogens is 2. The van der Waals surface area contributed by atoms with Gasteiger partial charge in [0, 0.05) is 19.8 Å². The summed E-state index contributed by atoms with van der Waals surface area (Å²) >= 11 is 5.96. The Morgan fingerprint density at radius 1 is 1.38 bits per heavy atom. The highest BCUT2D eigenvalue weighted by Crippen LogP contribution is 2.27. The lowest BCUT2D eigenvalue weighted by Crippen LogP contribution is -2.40. The van der Waals surface area contributed by atoms with E-state index >= 15 is 0 Å². The van der Waals surface area contributed by atoms with Crippen LogP contribution in [0.5, 0.6) is 0 Å². The quantitative estimate of drug-likeness (QED) is 0.714. The number of hydrogen-bond donors (Lipinski definition) is 2. The molecule has 1 fully saturated rings. The third kappa shape index (κ3) is 5.08. The topological polar surface area (TPSA) is 107 Å². The molecule has 0 aromatic heterocycles. The molecule has 11 heteroatoms. The van der Waals surface area contributed by atoms with Gasteiger partial charge in [0.1, 0.15) is 10.9 Å². The van der Waals surface area contributed by atoms with Crippen molar-refractivity contribution in [2.45, 2.75) is 23.8 Å². The van der Waals surface area contributed by atoms with Crippen molar-refractivity contribution in [3.8, 4) is 0 Å². The van der Waals surface area contributed by atoms with Crippen LogP contribution in [0.25, 0.3) is 0 Å². The van der Waals surface area contributed by atoms with Crippen molar-refractivity contribution in [1.82, 2.24) is 9.21 Å². The molecule has 1 aliphatic heterocycles. The first-order chi connectivity index (χ1) is 11.6. The summed E-state index contributed by atoms with van der Waals surface area (Å²) < 4.78 is 25.5. The van der Waals surface area contributed by atoms with Gasteiger partial charge in [0.15, 0.2) is 0 Å². The predicted molar refractivity (Wildman–Crippen MR) is 100 cm³/mol. The van der Waals surface area contributed by atoms with Crippen LogP contribution < -0.4 is 5.32 Å². The minimum Gasteiger partial charge on any atom is -0.480 e. The lowest BCUT2D eigenvalue weighted by molar-refractivity contribution is -0.142. The van der Waals surface area contributed by atoms with Crippen LogP contribution in [-0.4, -0.2) is 67.8 Å². The van der Waals surface area contributed by atoms with E-state index in [1.807, 2.05) is 0 Å². The van der Waals surface area contributed by atoms with Gasteiger partial charge in [-0.15, -0.1) is 12.4 Å². The van der Waals surface area contributed by atoms with Gasteiger partial charge in [-0.1, -0.05) is 11.6 Å². The van der Waals surface area contributed by atoms with E-state index in [0.29, 0.717) is 13.0 Å². The molecule has 2 N–H and O–H groups in total.